The number of ketones is 1. The van der Waals surface area contributed by atoms with Crippen molar-refractivity contribution in [2.45, 2.75) is 60.8 Å². The van der Waals surface area contributed by atoms with Gasteiger partial charge in [-0.05, 0) is 30.9 Å². The van der Waals surface area contributed by atoms with Gasteiger partial charge in [-0.25, -0.2) is 0 Å². The third kappa shape index (κ3) is 6.40. The molecule has 0 N–H and O–H groups in total. The molecule has 0 unspecified atom stereocenters. The van der Waals surface area contributed by atoms with E-state index in [1.54, 1.807) is 0 Å². The quantitative estimate of drug-likeness (QED) is 0.556. The molecule has 0 saturated heterocycles. The summed E-state index contributed by atoms with van der Waals surface area (Å²) in [4.78, 5) is 12.7. The van der Waals surface area contributed by atoms with E-state index in [4.69, 9.17) is 0 Å². The number of aryl methyl sites for hydroxylation is 1. The molecule has 1 aliphatic carbocycles. The molecular weight excluding hydrogens is 280 g/mol. The molecule has 0 bridgehead atoms. The molecule has 0 heterocycles. The number of hydrogen-bond acceptors (Lipinski definition) is 1. The number of Topliss-reactive ketones (excluding diaryl/α,β-unsaturated/α-hetero) is 1. The molecule has 126 valence electrons. The van der Waals surface area contributed by atoms with Crippen molar-refractivity contribution in [1.82, 2.24) is 0 Å². The minimum atomic E-state index is 0.143. The first kappa shape index (κ1) is 21.1. The Morgan fingerprint density at radius 2 is 1.61 bits per heavy atom. The zero-order valence-electron chi connectivity index (χ0n) is 15.6. The number of carbonyl (C=O) groups is 1. The van der Waals surface area contributed by atoms with Crippen molar-refractivity contribution in [2.75, 3.05) is 0 Å². The van der Waals surface area contributed by atoms with E-state index in [0.29, 0.717) is 0 Å². The van der Waals surface area contributed by atoms with Crippen molar-refractivity contribution in [2.24, 2.45) is 0 Å². The van der Waals surface area contributed by atoms with Crippen LogP contribution in [-0.4, -0.2) is 5.78 Å². The van der Waals surface area contributed by atoms with Gasteiger partial charge in [0.2, 0.25) is 0 Å². The Morgan fingerprint density at radius 3 is 2.22 bits per heavy atom. The van der Waals surface area contributed by atoms with Crippen LogP contribution in [-0.2, 0) is 0 Å². The predicted octanol–water partition coefficient (Wildman–Crippen LogP) is 6.84. The molecule has 1 aromatic rings. The average Bonchev–Trinajstić information content (AvgIpc) is 2.84. The van der Waals surface area contributed by atoms with Gasteiger partial charge in [0, 0.05) is 11.1 Å². The van der Waals surface area contributed by atoms with Crippen molar-refractivity contribution in [1.29, 1.82) is 0 Å². The molecule has 0 aliphatic heterocycles. The van der Waals surface area contributed by atoms with Gasteiger partial charge in [0.1, 0.15) is 0 Å². The molecule has 2 rings (SSSR count). The van der Waals surface area contributed by atoms with Crippen LogP contribution in [0.1, 0.15) is 69.8 Å². The lowest BCUT2D eigenvalue weighted by Gasteiger charge is -2.09. The first-order valence-electron chi connectivity index (χ1n) is 8.90. The van der Waals surface area contributed by atoms with Gasteiger partial charge in [0.25, 0.3) is 0 Å². The third-order valence-electron chi connectivity index (χ3n) is 3.38. The number of allylic oxidation sites excluding steroid dienone is 6. The number of hydrogen-bond donors (Lipinski definition) is 0. The maximum absolute atomic E-state index is 12.7. The molecular formula is C22H32O. The fraction of sp³-hybridized carbons (Fsp3) is 0.409. The fourth-order valence-electron chi connectivity index (χ4n) is 2.35. The zero-order valence-corrected chi connectivity index (χ0v) is 15.6. The lowest BCUT2D eigenvalue weighted by atomic mass is 9.94. The highest BCUT2D eigenvalue weighted by Crippen LogP contribution is 2.23. The topological polar surface area (TPSA) is 17.1 Å². The Morgan fingerprint density at radius 1 is 1.00 bits per heavy atom. The summed E-state index contributed by atoms with van der Waals surface area (Å²) in [5, 5.41) is 0. The Kier molecular flexibility index (Phi) is 11.6. The highest BCUT2D eigenvalue weighted by molar-refractivity contribution is 6.12. The highest BCUT2D eigenvalue weighted by atomic mass is 16.1. The van der Waals surface area contributed by atoms with E-state index in [-0.39, 0.29) is 5.78 Å². The molecule has 0 aromatic heterocycles. The summed E-state index contributed by atoms with van der Waals surface area (Å²) in [6, 6.07) is 7.80. The Balaban J connectivity index is 0.00000112. The highest BCUT2D eigenvalue weighted by Gasteiger charge is 2.15. The standard InChI is InChI=1S/C18H20O.2C2H6/c1-3-9-15-11-5-4-6-13-17(15)18(19)16-12-8-7-10-14(16)2;2*1-2/h5-8,10-13H,3-4,9H2,1-2H3;2*1-2H3. The molecule has 1 aromatic carbocycles. The molecule has 0 amide bonds. The normalized spacial score (nSPS) is 12.6. The molecule has 1 nitrogen and oxygen atoms in total. The van der Waals surface area contributed by atoms with Crippen molar-refractivity contribution in [3.05, 3.63) is 70.8 Å². The van der Waals surface area contributed by atoms with Crippen LogP contribution < -0.4 is 0 Å². The smallest absolute Gasteiger partial charge is 0.193 e. The Labute approximate surface area is 142 Å². The Bertz CT molecular complexity index is 559. The summed E-state index contributed by atoms with van der Waals surface area (Å²) in [7, 11) is 0. The third-order valence-corrected chi connectivity index (χ3v) is 3.38. The maximum Gasteiger partial charge on any atom is 0.193 e. The van der Waals surface area contributed by atoms with Crippen LogP contribution in [0.4, 0.5) is 0 Å². The van der Waals surface area contributed by atoms with Crippen LogP contribution in [0.5, 0.6) is 0 Å². The molecule has 0 radical (unpaired) electrons. The molecule has 0 saturated carbocycles. The zero-order chi connectivity index (χ0) is 17.7. The molecule has 0 fully saturated rings. The van der Waals surface area contributed by atoms with E-state index < -0.39 is 0 Å². The Hall–Kier alpha value is -1.89. The second-order valence-corrected chi connectivity index (χ2v) is 4.87. The van der Waals surface area contributed by atoms with Crippen LogP contribution in [0.25, 0.3) is 0 Å². The lowest BCUT2D eigenvalue weighted by Crippen LogP contribution is -2.06. The van der Waals surface area contributed by atoms with Gasteiger partial charge in [-0.3, -0.25) is 4.79 Å². The summed E-state index contributed by atoms with van der Waals surface area (Å²) in [5.41, 5.74) is 3.86. The van der Waals surface area contributed by atoms with Gasteiger partial charge >= 0.3 is 0 Å². The average molecular weight is 312 g/mol. The summed E-state index contributed by atoms with van der Waals surface area (Å²) < 4.78 is 0. The van der Waals surface area contributed by atoms with Crippen LogP contribution in [0.15, 0.2) is 59.7 Å². The molecule has 0 atom stereocenters. The molecule has 23 heavy (non-hydrogen) atoms. The maximum atomic E-state index is 12.7. The monoisotopic (exact) mass is 312 g/mol. The van der Waals surface area contributed by atoms with E-state index in [9.17, 15) is 4.79 Å². The first-order valence-corrected chi connectivity index (χ1v) is 8.90. The molecule has 1 heteroatoms. The van der Waals surface area contributed by atoms with E-state index in [1.807, 2.05) is 65.0 Å². The van der Waals surface area contributed by atoms with Crippen LogP contribution in [0.3, 0.4) is 0 Å². The van der Waals surface area contributed by atoms with E-state index in [1.165, 1.54) is 0 Å². The summed E-state index contributed by atoms with van der Waals surface area (Å²) in [6.07, 6.45) is 11.2. The number of benzene rings is 1. The van der Waals surface area contributed by atoms with E-state index in [0.717, 1.165) is 41.5 Å². The fourth-order valence-corrected chi connectivity index (χ4v) is 2.35. The number of carbonyl (C=O) groups excluding carboxylic acids is 1. The van der Waals surface area contributed by atoms with Crippen molar-refractivity contribution in [3.63, 3.8) is 0 Å². The SMILES string of the molecule is CC.CC.CCCC1=C(C(=O)c2ccccc2C)C=CCC=C1. The lowest BCUT2D eigenvalue weighted by molar-refractivity contribution is 0.103. The van der Waals surface area contributed by atoms with Gasteiger partial charge in [-0.1, -0.05) is 89.6 Å². The van der Waals surface area contributed by atoms with E-state index >= 15 is 0 Å². The molecule has 0 spiro atoms. The van der Waals surface area contributed by atoms with Gasteiger partial charge in [0.15, 0.2) is 5.78 Å². The minimum Gasteiger partial charge on any atom is -0.289 e. The number of rotatable bonds is 4. The summed E-state index contributed by atoms with van der Waals surface area (Å²) >= 11 is 0. The second-order valence-electron chi connectivity index (χ2n) is 4.87. The minimum absolute atomic E-state index is 0.143. The van der Waals surface area contributed by atoms with Crippen molar-refractivity contribution in [3.8, 4) is 0 Å². The largest absolute Gasteiger partial charge is 0.289 e. The van der Waals surface area contributed by atoms with Crippen molar-refractivity contribution < 1.29 is 4.79 Å². The molecule has 1 aliphatic rings. The van der Waals surface area contributed by atoms with Crippen LogP contribution in [0, 0.1) is 6.92 Å². The predicted molar refractivity (Wildman–Crippen MR) is 103 cm³/mol. The van der Waals surface area contributed by atoms with Crippen LogP contribution >= 0.6 is 0 Å². The van der Waals surface area contributed by atoms with Gasteiger partial charge in [0.05, 0.1) is 0 Å². The first-order chi connectivity index (χ1) is 11.2. The van der Waals surface area contributed by atoms with Crippen molar-refractivity contribution >= 4 is 5.78 Å². The summed E-state index contributed by atoms with van der Waals surface area (Å²) in [6.45, 7) is 12.1. The second kappa shape index (κ2) is 12.6. The summed E-state index contributed by atoms with van der Waals surface area (Å²) in [5.74, 6) is 0.143. The van der Waals surface area contributed by atoms with Gasteiger partial charge in [-0.2, -0.15) is 0 Å². The van der Waals surface area contributed by atoms with Crippen LogP contribution in [0.2, 0.25) is 0 Å². The van der Waals surface area contributed by atoms with Gasteiger partial charge in [-0.15, -0.1) is 0 Å². The van der Waals surface area contributed by atoms with E-state index in [2.05, 4.69) is 25.2 Å². The van der Waals surface area contributed by atoms with Gasteiger partial charge < -0.3 is 0 Å².